The lowest BCUT2D eigenvalue weighted by Gasteiger charge is -2.28. The van der Waals surface area contributed by atoms with Gasteiger partial charge in [-0.25, -0.2) is 4.98 Å². The lowest BCUT2D eigenvalue weighted by atomic mass is 10.1. The maximum absolute atomic E-state index is 12.8. The van der Waals surface area contributed by atoms with Gasteiger partial charge in [-0.2, -0.15) is 0 Å². The Hall–Kier alpha value is -4.05. The van der Waals surface area contributed by atoms with Crippen molar-refractivity contribution >= 4 is 45.8 Å². The molecule has 1 aromatic heterocycles. The maximum Gasteiger partial charge on any atom is 0.265 e. The van der Waals surface area contributed by atoms with E-state index >= 15 is 0 Å². The van der Waals surface area contributed by atoms with Crippen molar-refractivity contribution in [3.05, 3.63) is 59.0 Å². The second kappa shape index (κ2) is 8.38. The normalized spacial score (nSPS) is 15.6. The van der Waals surface area contributed by atoms with Gasteiger partial charge in [0.15, 0.2) is 11.7 Å². The van der Waals surface area contributed by atoms with E-state index in [9.17, 15) is 19.2 Å². The number of aromatic nitrogens is 1. The van der Waals surface area contributed by atoms with Crippen LogP contribution in [0.25, 0.3) is 11.3 Å². The predicted molar refractivity (Wildman–Crippen MR) is 126 cm³/mol. The summed E-state index contributed by atoms with van der Waals surface area (Å²) in [4.78, 5) is 57.4. The van der Waals surface area contributed by atoms with Crippen LogP contribution in [0.1, 0.15) is 34.6 Å². The summed E-state index contributed by atoms with van der Waals surface area (Å²) < 4.78 is 5.51. The molecule has 4 amide bonds. The number of ether oxygens (including phenoxy) is 1. The van der Waals surface area contributed by atoms with Crippen LogP contribution in [0.4, 0.5) is 10.8 Å². The largest absolute Gasteiger partial charge is 0.482 e. The van der Waals surface area contributed by atoms with Crippen LogP contribution in [0.2, 0.25) is 0 Å². The molecule has 0 fully saturated rings. The first-order valence-electron chi connectivity index (χ1n) is 10.7. The smallest absolute Gasteiger partial charge is 0.265 e. The van der Waals surface area contributed by atoms with Crippen LogP contribution < -0.4 is 15.0 Å². The minimum Gasteiger partial charge on any atom is -0.482 e. The van der Waals surface area contributed by atoms with Gasteiger partial charge in [0.1, 0.15) is 11.8 Å². The Labute approximate surface area is 199 Å². The molecule has 0 saturated heterocycles. The molecule has 0 spiro atoms. The number of thiazole rings is 1. The maximum atomic E-state index is 12.8. The average molecular weight is 477 g/mol. The van der Waals surface area contributed by atoms with Crippen molar-refractivity contribution < 1.29 is 23.9 Å². The molecule has 1 N–H and O–H groups in total. The quantitative estimate of drug-likeness (QED) is 0.567. The zero-order valence-electron chi connectivity index (χ0n) is 18.4. The van der Waals surface area contributed by atoms with Gasteiger partial charge in [-0.15, -0.1) is 11.3 Å². The van der Waals surface area contributed by atoms with Gasteiger partial charge in [0.2, 0.25) is 5.91 Å². The number of hydrogen-bond acceptors (Lipinski definition) is 7. The second-order valence-electron chi connectivity index (χ2n) is 7.84. The third-order valence-electron chi connectivity index (χ3n) is 5.84. The average Bonchev–Trinajstić information content (AvgIpc) is 3.41. The zero-order valence-corrected chi connectivity index (χ0v) is 19.2. The molecule has 0 bridgehead atoms. The summed E-state index contributed by atoms with van der Waals surface area (Å²) in [6.45, 7) is 3.93. The van der Waals surface area contributed by atoms with E-state index in [4.69, 9.17) is 4.74 Å². The van der Waals surface area contributed by atoms with Crippen molar-refractivity contribution in [3.63, 3.8) is 0 Å². The first kappa shape index (κ1) is 21.8. The Balaban J connectivity index is 1.33. The number of benzene rings is 2. The molecule has 0 unspecified atom stereocenters. The highest BCUT2D eigenvalue weighted by Gasteiger charge is 2.40. The number of amides is 4. The van der Waals surface area contributed by atoms with Gasteiger partial charge in [0.25, 0.3) is 17.7 Å². The molecular weight excluding hydrogens is 456 g/mol. The van der Waals surface area contributed by atoms with Crippen LogP contribution in [0, 0.1) is 0 Å². The molecule has 5 rings (SSSR count). The Morgan fingerprint density at radius 3 is 2.53 bits per heavy atom. The lowest BCUT2D eigenvalue weighted by molar-refractivity contribution is -0.121. The molecule has 9 nitrogen and oxygen atoms in total. The Kier molecular flexibility index (Phi) is 5.37. The molecule has 3 aromatic rings. The predicted octanol–water partition coefficient (Wildman–Crippen LogP) is 3.18. The molecule has 2 aromatic carbocycles. The van der Waals surface area contributed by atoms with Gasteiger partial charge in [-0.1, -0.05) is 12.1 Å². The van der Waals surface area contributed by atoms with Gasteiger partial charge < -0.3 is 15.0 Å². The van der Waals surface area contributed by atoms with Crippen LogP contribution in [0.15, 0.2) is 47.8 Å². The number of hydrogen-bond donors (Lipinski definition) is 1. The van der Waals surface area contributed by atoms with Gasteiger partial charge in [0, 0.05) is 17.5 Å². The van der Waals surface area contributed by atoms with E-state index in [2.05, 4.69) is 10.3 Å². The van der Waals surface area contributed by atoms with E-state index in [0.717, 1.165) is 10.5 Å². The Bertz CT molecular complexity index is 1320. The molecule has 1 atom stereocenters. The highest BCUT2D eigenvalue weighted by atomic mass is 32.1. The number of rotatable bonds is 5. The van der Waals surface area contributed by atoms with E-state index in [1.165, 1.54) is 18.3 Å². The van der Waals surface area contributed by atoms with E-state index < -0.39 is 23.8 Å². The van der Waals surface area contributed by atoms with E-state index in [0.29, 0.717) is 39.9 Å². The summed E-state index contributed by atoms with van der Waals surface area (Å²) in [5.74, 6) is -0.981. The molecule has 10 heteroatoms. The fraction of sp³-hybridized carbons (Fsp3) is 0.208. The number of carbonyl (C=O) groups excluding carboxylic acids is 4. The van der Waals surface area contributed by atoms with Crippen molar-refractivity contribution in [2.45, 2.75) is 19.9 Å². The topological polar surface area (TPSA) is 109 Å². The third kappa shape index (κ3) is 3.52. The number of nitrogens with one attached hydrogen (secondary N) is 1. The van der Waals surface area contributed by atoms with Gasteiger partial charge >= 0.3 is 0 Å². The minimum absolute atomic E-state index is 0.0123. The van der Waals surface area contributed by atoms with Gasteiger partial charge in [-0.3, -0.25) is 24.1 Å². The molecule has 172 valence electrons. The number of anilines is 2. The van der Waals surface area contributed by atoms with Crippen molar-refractivity contribution in [3.8, 4) is 17.0 Å². The van der Waals surface area contributed by atoms with Crippen molar-refractivity contribution in [1.82, 2.24) is 9.88 Å². The van der Waals surface area contributed by atoms with Crippen LogP contribution in [0.3, 0.4) is 0 Å². The zero-order chi connectivity index (χ0) is 24.0. The van der Waals surface area contributed by atoms with Crippen LogP contribution >= 0.6 is 11.3 Å². The van der Waals surface area contributed by atoms with E-state index in [1.807, 2.05) is 19.1 Å². The van der Waals surface area contributed by atoms with Crippen LogP contribution in [-0.2, 0) is 9.59 Å². The number of imide groups is 1. The Morgan fingerprint density at radius 1 is 1.15 bits per heavy atom. The second-order valence-corrected chi connectivity index (χ2v) is 8.70. The number of likely N-dealkylation sites (N-methyl/N-ethyl adjacent to an activating group) is 1. The third-order valence-corrected chi connectivity index (χ3v) is 6.60. The molecular formula is C24H20N4O5S. The molecule has 0 aliphatic carbocycles. The minimum atomic E-state index is -1.01. The van der Waals surface area contributed by atoms with Crippen molar-refractivity contribution in [2.24, 2.45) is 0 Å². The van der Waals surface area contributed by atoms with Gasteiger partial charge in [-0.05, 0) is 44.2 Å². The monoisotopic (exact) mass is 476 g/mol. The standard InChI is InChI=1S/C24H20N4O5S/c1-3-27-18-10-14(8-9-19(18)33-11-20(27)29)17-12-34-24(25-17)26-21(30)13(2)28-22(31)15-6-4-5-7-16(15)23(28)32/h4-10,12-13H,3,11H2,1-2H3,(H,25,26,30)/t13-/m1/s1. The molecule has 34 heavy (non-hydrogen) atoms. The highest BCUT2D eigenvalue weighted by molar-refractivity contribution is 7.14. The van der Waals surface area contributed by atoms with Crippen molar-refractivity contribution in [1.29, 1.82) is 0 Å². The van der Waals surface area contributed by atoms with Gasteiger partial charge in [0.05, 0.1) is 22.5 Å². The number of fused-ring (bicyclic) bond motifs is 2. The molecule has 0 saturated carbocycles. The van der Waals surface area contributed by atoms with Crippen LogP contribution in [-0.4, -0.2) is 52.7 Å². The summed E-state index contributed by atoms with van der Waals surface area (Å²) >= 11 is 1.22. The van der Waals surface area contributed by atoms with Crippen LogP contribution in [0.5, 0.6) is 5.75 Å². The highest BCUT2D eigenvalue weighted by Crippen LogP contribution is 2.36. The summed E-state index contributed by atoms with van der Waals surface area (Å²) in [6, 6.07) is 11.0. The first-order valence-corrected chi connectivity index (χ1v) is 11.6. The van der Waals surface area contributed by atoms with E-state index in [-0.39, 0.29) is 12.5 Å². The molecule has 2 aliphatic rings. The van der Waals surface area contributed by atoms with E-state index in [1.54, 1.807) is 40.6 Å². The number of nitrogens with zero attached hydrogens (tertiary/aromatic N) is 3. The summed E-state index contributed by atoms with van der Waals surface area (Å²) in [6.07, 6.45) is 0. The molecule has 2 aliphatic heterocycles. The summed E-state index contributed by atoms with van der Waals surface area (Å²) in [5, 5.41) is 4.82. The fourth-order valence-electron chi connectivity index (χ4n) is 4.06. The SMILES string of the molecule is CCN1C(=O)COc2ccc(-c3csc(NC(=O)[C@@H](C)N4C(=O)c5ccccc5C4=O)n3)cc21. The first-order chi connectivity index (χ1) is 16.4. The lowest BCUT2D eigenvalue weighted by Crippen LogP contribution is -2.45. The molecule has 3 heterocycles. The fourth-order valence-corrected chi connectivity index (χ4v) is 4.78. The summed E-state index contributed by atoms with van der Waals surface area (Å²) in [7, 11) is 0. The molecule has 0 radical (unpaired) electrons. The summed E-state index contributed by atoms with van der Waals surface area (Å²) in [5.41, 5.74) is 2.64. The van der Waals surface area contributed by atoms with Crippen molar-refractivity contribution in [2.75, 3.05) is 23.4 Å². The Morgan fingerprint density at radius 2 is 1.85 bits per heavy atom. The number of carbonyl (C=O) groups is 4.